The van der Waals surface area contributed by atoms with Crippen LogP contribution in [0.25, 0.3) is 0 Å². The molecule has 0 unspecified atom stereocenters. The van der Waals surface area contributed by atoms with Crippen LogP contribution in [0.4, 0.5) is 11.4 Å². The van der Waals surface area contributed by atoms with Crippen LogP contribution < -0.4 is 9.44 Å². The lowest BCUT2D eigenvalue weighted by molar-refractivity contribution is 0.598. The molecule has 0 fully saturated rings. The molecule has 0 bridgehead atoms. The molecule has 6 nitrogen and oxygen atoms in total. The Hall–Kier alpha value is -2.26. The summed E-state index contributed by atoms with van der Waals surface area (Å²) in [5.74, 6) is 0. The lowest BCUT2D eigenvalue weighted by Crippen LogP contribution is -2.21. The highest BCUT2D eigenvalue weighted by Crippen LogP contribution is 2.39. The Kier molecular flexibility index (Phi) is 7.30. The quantitative estimate of drug-likeness (QED) is 0.375. The summed E-state index contributed by atoms with van der Waals surface area (Å²) in [5.41, 5.74) is 4.00. The van der Waals surface area contributed by atoms with E-state index in [4.69, 9.17) is 23.2 Å². The van der Waals surface area contributed by atoms with Crippen LogP contribution in [-0.4, -0.2) is 16.8 Å². The van der Waals surface area contributed by atoms with Crippen molar-refractivity contribution < 1.29 is 16.8 Å². The summed E-state index contributed by atoms with van der Waals surface area (Å²) in [6.45, 7) is 10.4. The van der Waals surface area contributed by atoms with Gasteiger partial charge in [-0.05, 0) is 99.2 Å². The topological polar surface area (TPSA) is 92.3 Å². The summed E-state index contributed by atoms with van der Waals surface area (Å²) >= 11 is 12.3. The summed E-state index contributed by atoms with van der Waals surface area (Å²) in [6.07, 6.45) is 0. The van der Waals surface area contributed by atoms with E-state index in [9.17, 15) is 16.8 Å². The molecule has 2 N–H and O–H groups in total. The fourth-order valence-electron chi connectivity index (χ4n) is 3.70. The van der Waals surface area contributed by atoms with Crippen molar-refractivity contribution in [1.82, 2.24) is 0 Å². The third-order valence-electron chi connectivity index (χ3n) is 6.18. The predicted molar refractivity (Wildman–Crippen MR) is 139 cm³/mol. The van der Waals surface area contributed by atoms with Crippen molar-refractivity contribution in [3.05, 3.63) is 79.8 Å². The summed E-state index contributed by atoms with van der Waals surface area (Å²) in [7, 11) is -8.17. The van der Waals surface area contributed by atoms with Crippen LogP contribution in [0, 0.1) is 41.5 Å². The van der Waals surface area contributed by atoms with Crippen molar-refractivity contribution >= 4 is 54.6 Å². The maximum Gasteiger partial charge on any atom is 0.262 e. The number of benzene rings is 3. The molecule has 0 saturated carbocycles. The molecular formula is C24H26Cl2N2O4S2. The van der Waals surface area contributed by atoms with E-state index in [0.717, 1.165) is 11.1 Å². The van der Waals surface area contributed by atoms with Crippen molar-refractivity contribution in [3.63, 3.8) is 0 Å². The van der Waals surface area contributed by atoms with Crippen LogP contribution in [-0.2, 0) is 20.0 Å². The Labute approximate surface area is 211 Å². The van der Waals surface area contributed by atoms with E-state index in [1.54, 1.807) is 52.0 Å². The standard InChI is InChI=1S/C24H26Cl2N2O4S2/c1-13-14(2)16(4)24(28-34(31,32)22-12-8-10-20(26)18(22)6)23(15(13)3)27-33(29,30)21-11-7-9-19(25)17(21)5/h7-12,27-28H,1-6H3. The van der Waals surface area contributed by atoms with Crippen LogP contribution in [0.15, 0.2) is 46.2 Å². The second kappa shape index (κ2) is 9.41. The number of anilines is 2. The number of hydrogen-bond acceptors (Lipinski definition) is 4. The molecule has 3 aromatic carbocycles. The minimum atomic E-state index is -4.08. The van der Waals surface area contributed by atoms with Gasteiger partial charge >= 0.3 is 0 Å². The molecule has 34 heavy (non-hydrogen) atoms. The minimum absolute atomic E-state index is 0.00905. The number of rotatable bonds is 6. The van der Waals surface area contributed by atoms with Crippen LogP contribution in [0.1, 0.15) is 33.4 Å². The normalized spacial score (nSPS) is 12.0. The molecule has 0 spiro atoms. The van der Waals surface area contributed by atoms with E-state index in [2.05, 4.69) is 9.44 Å². The zero-order valence-electron chi connectivity index (χ0n) is 19.7. The average Bonchev–Trinajstić information content (AvgIpc) is 2.76. The van der Waals surface area contributed by atoms with E-state index < -0.39 is 20.0 Å². The van der Waals surface area contributed by atoms with Crippen molar-refractivity contribution in [3.8, 4) is 0 Å². The van der Waals surface area contributed by atoms with Crippen molar-refractivity contribution in [2.45, 2.75) is 51.3 Å². The Morgan fingerprint density at radius 2 is 0.853 bits per heavy atom. The van der Waals surface area contributed by atoms with E-state index in [1.165, 1.54) is 12.1 Å². The Morgan fingerprint density at radius 3 is 1.18 bits per heavy atom. The SMILES string of the molecule is Cc1c(Cl)cccc1S(=O)(=O)Nc1c(C)c(C)c(C)c(C)c1NS(=O)(=O)c1cccc(Cl)c1C. The van der Waals surface area contributed by atoms with E-state index >= 15 is 0 Å². The zero-order chi connectivity index (χ0) is 25.6. The van der Waals surface area contributed by atoms with Crippen LogP contribution in [0.5, 0.6) is 0 Å². The molecule has 0 radical (unpaired) electrons. The predicted octanol–water partition coefficient (Wildman–Crippen LogP) is 6.45. The Morgan fingerprint density at radius 1 is 0.529 bits per heavy atom. The van der Waals surface area contributed by atoms with Crippen molar-refractivity contribution in [1.29, 1.82) is 0 Å². The lowest BCUT2D eigenvalue weighted by Gasteiger charge is -2.23. The Balaban J connectivity index is 2.22. The Bertz CT molecular complexity index is 1400. The average molecular weight is 542 g/mol. The molecule has 0 aliphatic carbocycles. The summed E-state index contributed by atoms with van der Waals surface area (Å²) in [6, 6.07) is 9.21. The van der Waals surface area contributed by atoms with Crippen molar-refractivity contribution in [2.24, 2.45) is 0 Å². The van der Waals surface area contributed by atoms with Gasteiger partial charge in [-0.15, -0.1) is 0 Å². The third kappa shape index (κ3) is 4.77. The molecule has 0 aliphatic heterocycles. The summed E-state index contributed by atoms with van der Waals surface area (Å²) < 4.78 is 58.6. The van der Waals surface area contributed by atoms with Gasteiger partial charge in [-0.25, -0.2) is 16.8 Å². The van der Waals surface area contributed by atoms with Gasteiger partial charge in [0.05, 0.1) is 21.2 Å². The minimum Gasteiger partial charge on any atom is -0.277 e. The van der Waals surface area contributed by atoms with Gasteiger partial charge in [0, 0.05) is 10.0 Å². The molecule has 0 amide bonds. The molecular weight excluding hydrogens is 515 g/mol. The maximum absolute atomic E-state index is 13.4. The highest BCUT2D eigenvalue weighted by atomic mass is 35.5. The fraction of sp³-hybridized carbons (Fsp3) is 0.250. The molecule has 10 heteroatoms. The van der Waals surface area contributed by atoms with E-state index in [-0.39, 0.29) is 21.2 Å². The molecule has 182 valence electrons. The highest BCUT2D eigenvalue weighted by Gasteiger charge is 2.27. The molecule has 3 aromatic rings. The van der Waals surface area contributed by atoms with E-state index in [1.807, 2.05) is 13.8 Å². The summed E-state index contributed by atoms with van der Waals surface area (Å²) in [4.78, 5) is 0.0181. The summed E-state index contributed by atoms with van der Waals surface area (Å²) in [5, 5.41) is 0.626. The zero-order valence-corrected chi connectivity index (χ0v) is 22.8. The largest absolute Gasteiger partial charge is 0.277 e. The molecule has 0 saturated heterocycles. The van der Waals surface area contributed by atoms with Gasteiger partial charge in [-0.1, -0.05) is 35.3 Å². The van der Waals surface area contributed by atoms with Crippen LogP contribution >= 0.6 is 23.2 Å². The smallest absolute Gasteiger partial charge is 0.262 e. The second-order valence-electron chi connectivity index (χ2n) is 8.19. The van der Waals surface area contributed by atoms with Gasteiger partial charge in [0.15, 0.2) is 0 Å². The number of nitrogens with one attached hydrogen (secondary N) is 2. The molecule has 0 heterocycles. The maximum atomic E-state index is 13.4. The molecule has 0 aliphatic rings. The molecule has 3 rings (SSSR count). The van der Waals surface area contributed by atoms with E-state index in [0.29, 0.717) is 32.3 Å². The molecule has 0 atom stereocenters. The molecule has 0 aromatic heterocycles. The highest BCUT2D eigenvalue weighted by molar-refractivity contribution is 7.93. The second-order valence-corrected chi connectivity index (χ2v) is 12.3. The van der Waals surface area contributed by atoms with Gasteiger partial charge < -0.3 is 0 Å². The van der Waals surface area contributed by atoms with Gasteiger partial charge in [-0.3, -0.25) is 9.44 Å². The van der Waals surface area contributed by atoms with Gasteiger partial charge in [0.1, 0.15) is 0 Å². The monoisotopic (exact) mass is 540 g/mol. The fourth-order valence-corrected chi connectivity index (χ4v) is 6.97. The first-order valence-corrected chi connectivity index (χ1v) is 14.1. The first-order chi connectivity index (χ1) is 15.7. The van der Waals surface area contributed by atoms with Crippen molar-refractivity contribution in [2.75, 3.05) is 9.44 Å². The van der Waals surface area contributed by atoms with Gasteiger partial charge in [0.2, 0.25) is 0 Å². The number of sulfonamides is 2. The number of halogens is 2. The van der Waals surface area contributed by atoms with Crippen LogP contribution in [0.2, 0.25) is 10.0 Å². The third-order valence-corrected chi connectivity index (χ3v) is 9.98. The number of hydrogen-bond donors (Lipinski definition) is 2. The van der Waals surface area contributed by atoms with Gasteiger partial charge in [0.25, 0.3) is 20.0 Å². The lowest BCUT2D eigenvalue weighted by atomic mass is 9.96. The van der Waals surface area contributed by atoms with Crippen LogP contribution in [0.3, 0.4) is 0 Å². The van der Waals surface area contributed by atoms with Gasteiger partial charge in [-0.2, -0.15) is 0 Å². The first-order valence-electron chi connectivity index (χ1n) is 10.3. The first kappa shape index (κ1) is 26.3.